The Balaban J connectivity index is 1.70. The van der Waals surface area contributed by atoms with E-state index in [0.717, 1.165) is 35.1 Å². The third kappa shape index (κ3) is 4.98. The van der Waals surface area contributed by atoms with Crippen LogP contribution in [0.15, 0.2) is 65.8 Å². The maximum Gasteiger partial charge on any atom is 0.194 e. The van der Waals surface area contributed by atoms with Crippen molar-refractivity contribution in [2.24, 2.45) is 4.99 Å². The van der Waals surface area contributed by atoms with E-state index in [2.05, 4.69) is 33.5 Å². The van der Waals surface area contributed by atoms with Crippen LogP contribution in [0.5, 0.6) is 0 Å². The second-order valence-electron chi connectivity index (χ2n) is 6.45. The van der Waals surface area contributed by atoms with E-state index in [0.29, 0.717) is 18.7 Å². The first kappa shape index (κ1) is 19.2. The molecule has 6 heteroatoms. The van der Waals surface area contributed by atoms with Gasteiger partial charge in [0.2, 0.25) is 0 Å². The number of aromatic amines is 1. The highest BCUT2D eigenvalue weighted by Gasteiger charge is 2.10. The Bertz CT molecular complexity index is 968. The lowest BCUT2D eigenvalue weighted by molar-refractivity contribution is 0.464. The number of H-pyrrole nitrogens is 1. The van der Waals surface area contributed by atoms with Crippen LogP contribution in [0.4, 0.5) is 0 Å². The highest BCUT2D eigenvalue weighted by atomic mass is 15.3. The lowest BCUT2D eigenvalue weighted by Crippen LogP contribution is -2.38. The lowest BCUT2D eigenvalue weighted by Gasteiger charge is -2.21. The number of imidazole rings is 1. The maximum absolute atomic E-state index is 9.04. The van der Waals surface area contributed by atoms with E-state index >= 15 is 0 Å². The van der Waals surface area contributed by atoms with Gasteiger partial charge in [-0.25, -0.2) is 9.98 Å². The minimum Gasteiger partial charge on any atom is -0.357 e. The van der Waals surface area contributed by atoms with Crippen molar-refractivity contribution < 1.29 is 0 Å². The van der Waals surface area contributed by atoms with Crippen molar-refractivity contribution in [3.05, 3.63) is 77.7 Å². The van der Waals surface area contributed by atoms with Gasteiger partial charge in [-0.1, -0.05) is 42.5 Å². The molecule has 6 nitrogen and oxygen atoms in total. The van der Waals surface area contributed by atoms with Gasteiger partial charge in [0, 0.05) is 13.6 Å². The zero-order valence-electron chi connectivity index (χ0n) is 16.2. The molecule has 0 radical (unpaired) electrons. The fourth-order valence-electron chi connectivity index (χ4n) is 2.88. The largest absolute Gasteiger partial charge is 0.357 e. The van der Waals surface area contributed by atoms with Gasteiger partial charge in [-0.15, -0.1) is 0 Å². The van der Waals surface area contributed by atoms with Crippen LogP contribution in [0.2, 0.25) is 0 Å². The fourth-order valence-corrected chi connectivity index (χ4v) is 2.88. The molecule has 142 valence electrons. The number of nitriles is 1. The topological polar surface area (TPSA) is 80.1 Å². The quantitative estimate of drug-likeness (QED) is 0.512. The molecule has 0 atom stereocenters. The van der Waals surface area contributed by atoms with E-state index in [1.54, 1.807) is 6.07 Å². The molecule has 3 aromatic rings. The fraction of sp³-hybridized carbons (Fsp3) is 0.227. The van der Waals surface area contributed by atoms with Crippen molar-refractivity contribution in [1.82, 2.24) is 20.2 Å². The van der Waals surface area contributed by atoms with E-state index < -0.39 is 0 Å². The summed E-state index contributed by atoms with van der Waals surface area (Å²) in [7, 11) is 1.98. The molecular formula is C22H24N6. The first-order valence-electron chi connectivity index (χ1n) is 9.27. The van der Waals surface area contributed by atoms with Crippen LogP contribution >= 0.6 is 0 Å². The summed E-state index contributed by atoms with van der Waals surface area (Å²) in [6.45, 7) is 3.93. The summed E-state index contributed by atoms with van der Waals surface area (Å²) in [5.74, 6) is 1.67. The van der Waals surface area contributed by atoms with Gasteiger partial charge in [0.05, 0.1) is 36.6 Å². The standard InChI is InChI=1S/C22H24N6/c1-3-24-22(26-14-18-9-7-8-17(12-18)13-23)28(2)16-21-25-15-20(27-21)19-10-5-4-6-11-19/h4-12,15H,3,14,16H2,1-2H3,(H,24,26)(H,25,27). The SMILES string of the molecule is CCNC(=NCc1cccc(C#N)c1)N(C)Cc1ncc(-c2ccccc2)[nH]1. The Morgan fingerprint density at radius 1 is 1.21 bits per heavy atom. The molecule has 0 fully saturated rings. The van der Waals surface area contributed by atoms with Crippen LogP contribution in [-0.2, 0) is 13.1 Å². The molecular weight excluding hydrogens is 348 g/mol. The van der Waals surface area contributed by atoms with E-state index in [1.807, 2.05) is 61.5 Å². The smallest absolute Gasteiger partial charge is 0.194 e. The molecule has 3 rings (SSSR count). The van der Waals surface area contributed by atoms with Crippen molar-refractivity contribution in [1.29, 1.82) is 5.26 Å². The summed E-state index contributed by atoms with van der Waals surface area (Å²) in [4.78, 5) is 14.6. The van der Waals surface area contributed by atoms with Crippen LogP contribution in [0, 0.1) is 11.3 Å². The molecule has 0 aliphatic heterocycles. The predicted octanol–water partition coefficient (Wildman–Crippen LogP) is 3.55. The molecule has 1 aromatic heterocycles. The van der Waals surface area contributed by atoms with Gasteiger partial charge in [0.15, 0.2) is 5.96 Å². The highest BCUT2D eigenvalue weighted by Crippen LogP contribution is 2.16. The minimum atomic E-state index is 0.510. The van der Waals surface area contributed by atoms with Gasteiger partial charge in [0.25, 0.3) is 0 Å². The second kappa shape index (κ2) is 9.38. The first-order valence-corrected chi connectivity index (χ1v) is 9.27. The Morgan fingerprint density at radius 3 is 2.79 bits per heavy atom. The molecule has 0 aliphatic rings. The summed E-state index contributed by atoms with van der Waals surface area (Å²) in [5, 5.41) is 12.4. The third-order valence-electron chi connectivity index (χ3n) is 4.26. The number of aromatic nitrogens is 2. The van der Waals surface area contributed by atoms with Crippen LogP contribution < -0.4 is 5.32 Å². The minimum absolute atomic E-state index is 0.510. The summed E-state index contributed by atoms with van der Waals surface area (Å²) < 4.78 is 0. The van der Waals surface area contributed by atoms with E-state index in [4.69, 9.17) is 10.3 Å². The molecule has 0 unspecified atom stereocenters. The maximum atomic E-state index is 9.04. The predicted molar refractivity (Wildman–Crippen MR) is 111 cm³/mol. The van der Waals surface area contributed by atoms with Gasteiger partial charge >= 0.3 is 0 Å². The molecule has 1 heterocycles. The number of guanidine groups is 1. The van der Waals surface area contributed by atoms with Gasteiger partial charge in [0.1, 0.15) is 5.82 Å². The lowest BCUT2D eigenvalue weighted by atomic mass is 10.1. The summed E-state index contributed by atoms with van der Waals surface area (Å²) in [5.41, 5.74) is 3.77. The van der Waals surface area contributed by atoms with E-state index in [1.165, 1.54) is 0 Å². The zero-order valence-corrected chi connectivity index (χ0v) is 16.2. The molecule has 0 saturated heterocycles. The summed E-state index contributed by atoms with van der Waals surface area (Å²) >= 11 is 0. The van der Waals surface area contributed by atoms with Crippen LogP contribution in [-0.4, -0.2) is 34.4 Å². The number of nitrogens with one attached hydrogen (secondary N) is 2. The molecule has 0 aliphatic carbocycles. The first-order chi connectivity index (χ1) is 13.7. The molecule has 2 N–H and O–H groups in total. The van der Waals surface area contributed by atoms with Gasteiger partial charge < -0.3 is 15.2 Å². The third-order valence-corrected chi connectivity index (χ3v) is 4.26. The monoisotopic (exact) mass is 372 g/mol. The molecule has 0 bridgehead atoms. The van der Waals surface area contributed by atoms with Crippen molar-refractivity contribution in [3.8, 4) is 17.3 Å². The van der Waals surface area contributed by atoms with Crippen molar-refractivity contribution in [2.75, 3.05) is 13.6 Å². The average Bonchev–Trinajstić information content (AvgIpc) is 3.20. The Labute approximate surface area is 165 Å². The Morgan fingerprint density at radius 2 is 2.04 bits per heavy atom. The molecule has 28 heavy (non-hydrogen) atoms. The van der Waals surface area contributed by atoms with E-state index in [-0.39, 0.29) is 0 Å². The molecule has 2 aromatic carbocycles. The number of rotatable bonds is 6. The van der Waals surface area contributed by atoms with Crippen LogP contribution in [0.3, 0.4) is 0 Å². The van der Waals surface area contributed by atoms with Gasteiger partial charge in [-0.05, 0) is 30.2 Å². The molecule has 0 saturated carbocycles. The second-order valence-corrected chi connectivity index (χ2v) is 6.45. The van der Waals surface area contributed by atoms with Crippen LogP contribution in [0.1, 0.15) is 23.9 Å². The number of hydrogen-bond acceptors (Lipinski definition) is 3. The van der Waals surface area contributed by atoms with Crippen molar-refractivity contribution in [3.63, 3.8) is 0 Å². The number of hydrogen-bond donors (Lipinski definition) is 2. The van der Waals surface area contributed by atoms with Gasteiger partial charge in [-0.3, -0.25) is 0 Å². The number of nitrogens with zero attached hydrogens (tertiary/aromatic N) is 4. The summed E-state index contributed by atoms with van der Waals surface area (Å²) in [6.07, 6.45) is 1.86. The van der Waals surface area contributed by atoms with Crippen molar-refractivity contribution in [2.45, 2.75) is 20.0 Å². The Kier molecular flexibility index (Phi) is 6.42. The number of aliphatic imine (C=N–C) groups is 1. The Hall–Kier alpha value is -3.59. The van der Waals surface area contributed by atoms with Crippen molar-refractivity contribution >= 4 is 5.96 Å². The number of benzene rings is 2. The summed E-state index contributed by atoms with van der Waals surface area (Å²) in [6, 6.07) is 19.8. The highest BCUT2D eigenvalue weighted by molar-refractivity contribution is 5.79. The van der Waals surface area contributed by atoms with E-state index in [9.17, 15) is 0 Å². The molecule has 0 spiro atoms. The zero-order chi connectivity index (χ0) is 19.8. The van der Waals surface area contributed by atoms with Crippen LogP contribution in [0.25, 0.3) is 11.3 Å². The normalized spacial score (nSPS) is 11.1. The van der Waals surface area contributed by atoms with Gasteiger partial charge in [-0.2, -0.15) is 5.26 Å². The average molecular weight is 372 g/mol. The molecule has 0 amide bonds.